The molecule has 0 radical (unpaired) electrons. The second-order valence-corrected chi connectivity index (χ2v) is 11.9. The van der Waals surface area contributed by atoms with Gasteiger partial charge in [0.1, 0.15) is 5.60 Å². The van der Waals surface area contributed by atoms with Gasteiger partial charge in [-0.1, -0.05) is 12.1 Å². The van der Waals surface area contributed by atoms with Gasteiger partial charge in [0.15, 0.2) is 9.84 Å². The van der Waals surface area contributed by atoms with E-state index in [1.807, 2.05) is 32.9 Å². The third-order valence-corrected chi connectivity index (χ3v) is 7.14. The minimum absolute atomic E-state index is 0.327. The number of sulfone groups is 1. The quantitative estimate of drug-likeness (QED) is 0.595. The van der Waals surface area contributed by atoms with Crippen molar-refractivity contribution in [2.75, 3.05) is 19.3 Å². The Morgan fingerprint density at radius 2 is 1.84 bits per heavy atom. The minimum Gasteiger partial charge on any atom is -0.427 e. The molecule has 8 nitrogen and oxygen atoms in total. The molecule has 1 aliphatic rings. The number of carbonyl (C=O) groups excluding carboxylic acids is 1. The summed E-state index contributed by atoms with van der Waals surface area (Å²) in [7, 11) is -3.17. The number of aromatic nitrogens is 1. The van der Waals surface area contributed by atoms with Crippen molar-refractivity contribution in [1.82, 2.24) is 15.4 Å². The van der Waals surface area contributed by atoms with Crippen molar-refractivity contribution in [1.29, 1.82) is 0 Å². The molecule has 1 N–H and O–H groups in total. The molecule has 0 aliphatic carbocycles. The minimum atomic E-state index is -3.17. The van der Waals surface area contributed by atoms with Gasteiger partial charge in [0.2, 0.25) is 0 Å². The van der Waals surface area contributed by atoms with Crippen molar-refractivity contribution in [2.24, 2.45) is 0 Å². The highest BCUT2D eigenvalue weighted by molar-refractivity contribution is 7.90. The summed E-state index contributed by atoms with van der Waals surface area (Å²) >= 11 is 1.66. The van der Waals surface area contributed by atoms with Crippen LogP contribution >= 0.6 is 11.3 Å². The molecule has 0 atom stereocenters. The van der Waals surface area contributed by atoms with Crippen LogP contribution in [0.15, 0.2) is 34.5 Å². The topological polar surface area (TPSA) is 97.8 Å². The van der Waals surface area contributed by atoms with Crippen LogP contribution in [0.3, 0.4) is 0 Å². The van der Waals surface area contributed by atoms with Crippen LogP contribution in [0.1, 0.15) is 55.8 Å². The molecule has 176 valence electrons. The van der Waals surface area contributed by atoms with Gasteiger partial charge in [-0.2, -0.15) is 0 Å². The van der Waals surface area contributed by atoms with Crippen LogP contribution in [0.25, 0.3) is 0 Å². The van der Waals surface area contributed by atoms with E-state index in [9.17, 15) is 13.2 Å². The molecule has 3 rings (SSSR count). The van der Waals surface area contributed by atoms with Crippen LogP contribution in [0.2, 0.25) is 0 Å². The lowest BCUT2D eigenvalue weighted by Gasteiger charge is -2.30. The van der Waals surface area contributed by atoms with Crippen LogP contribution in [-0.2, 0) is 32.5 Å². The lowest BCUT2D eigenvalue weighted by molar-refractivity contribution is -0.152. The van der Waals surface area contributed by atoms with Gasteiger partial charge >= 0.3 is 6.16 Å². The number of benzene rings is 1. The van der Waals surface area contributed by atoms with Crippen molar-refractivity contribution in [3.05, 3.63) is 45.9 Å². The highest BCUT2D eigenvalue weighted by Crippen LogP contribution is 2.30. The fourth-order valence-corrected chi connectivity index (χ4v) is 4.97. The zero-order valence-corrected chi connectivity index (χ0v) is 20.6. The van der Waals surface area contributed by atoms with Crippen molar-refractivity contribution in [2.45, 2.75) is 63.1 Å². The molecule has 0 saturated carbocycles. The molecular weight excluding hydrogens is 450 g/mol. The van der Waals surface area contributed by atoms with Crippen LogP contribution in [0.5, 0.6) is 0 Å². The summed E-state index contributed by atoms with van der Waals surface area (Å²) < 4.78 is 28.3. The molecule has 1 fully saturated rings. The van der Waals surface area contributed by atoms with E-state index in [0.717, 1.165) is 29.1 Å². The van der Waals surface area contributed by atoms with E-state index in [-0.39, 0.29) is 0 Å². The molecule has 1 aromatic heterocycles. The maximum atomic E-state index is 11.8. The van der Waals surface area contributed by atoms with Gasteiger partial charge in [0.05, 0.1) is 15.6 Å². The second-order valence-electron chi connectivity index (χ2n) is 8.96. The van der Waals surface area contributed by atoms with Crippen molar-refractivity contribution < 1.29 is 22.8 Å². The predicted octanol–water partition coefficient (Wildman–Crippen LogP) is 3.88. The first-order valence-electron chi connectivity index (χ1n) is 10.6. The zero-order chi connectivity index (χ0) is 23.4. The van der Waals surface area contributed by atoms with Crippen LogP contribution in [0, 0.1) is 0 Å². The monoisotopic (exact) mass is 481 g/mol. The molecule has 0 unspecified atom stereocenters. The molecule has 1 aromatic carbocycles. The number of hydroxylamine groups is 2. The number of rotatable bonds is 7. The molecule has 0 amide bonds. The number of nitrogens with zero attached hydrogens (tertiary/aromatic N) is 2. The van der Waals surface area contributed by atoms with Gasteiger partial charge in [-0.05, 0) is 51.3 Å². The van der Waals surface area contributed by atoms with Crippen molar-refractivity contribution in [3.8, 4) is 0 Å². The molecule has 1 saturated heterocycles. The highest BCUT2D eigenvalue weighted by Gasteiger charge is 2.27. The summed E-state index contributed by atoms with van der Waals surface area (Å²) in [6.45, 7) is 8.02. The molecule has 2 heterocycles. The maximum Gasteiger partial charge on any atom is 0.528 e. The Balaban J connectivity index is 1.42. The Hall–Kier alpha value is -2.01. The van der Waals surface area contributed by atoms with Gasteiger partial charge in [0, 0.05) is 43.7 Å². The van der Waals surface area contributed by atoms with Crippen LogP contribution in [-0.4, -0.2) is 49.6 Å². The number of thiazole rings is 1. The standard InChI is InChI=1S/C22H31N3O5S2/c1-22(2,3)29-21(26)30-25-11-9-17(10-12-25)20-24-18(15-31-20)14-23-13-16-5-7-19(8-6-16)32(4,27)28/h5-8,15,17,23H,9-14H2,1-4H3. The molecular formula is C22H31N3O5S2. The van der Waals surface area contributed by atoms with E-state index < -0.39 is 21.6 Å². The fraction of sp³-hybridized carbons (Fsp3) is 0.545. The number of ether oxygens (including phenoxy) is 1. The van der Waals surface area contributed by atoms with Gasteiger partial charge in [0.25, 0.3) is 0 Å². The number of carbonyl (C=O) groups is 1. The summed E-state index contributed by atoms with van der Waals surface area (Å²) in [5.41, 5.74) is 1.44. The number of nitrogens with one attached hydrogen (secondary N) is 1. The molecule has 2 aromatic rings. The molecule has 10 heteroatoms. The van der Waals surface area contributed by atoms with E-state index in [0.29, 0.717) is 37.0 Å². The summed E-state index contributed by atoms with van der Waals surface area (Å²) in [4.78, 5) is 22.2. The maximum absolute atomic E-state index is 11.8. The number of hydrogen-bond donors (Lipinski definition) is 1. The third kappa shape index (κ3) is 7.54. The summed E-state index contributed by atoms with van der Waals surface area (Å²) in [6, 6.07) is 6.91. The van der Waals surface area contributed by atoms with E-state index in [2.05, 4.69) is 10.7 Å². The Morgan fingerprint density at radius 1 is 1.19 bits per heavy atom. The first-order valence-corrected chi connectivity index (χ1v) is 13.4. The SMILES string of the molecule is CC(C)(C)OC(=O)ON1CCC(c2nc(CNCc3ccc(S(C)(=O)=O)cc3)cs2)CC1. The molecule has 1 aliphatic heterocycles. The fourth-order valence-electron chi connectivity index (χ4n) is 3.35. The van der Waals surface area contributed by atoms with Gasteiger partial charge < -0.3 is 14.9 Å². The first kappa shape index (κ1) is 24.6. The smallest absolute Gasteiger partial charge is 0.427 e. The van der Waals surface area contributed by atoms with E-state index >= 15 is 0 Å². The average Bonchev–Trinajstić information content (AvgIpc) is 3.16. The summed E-state index contributed by atoms with van der Waals surface area (Å²) in [6.07, 6.45) is 2.29. The highest BCUT2D eigenvalue weighted by atomic mass is 32.2. The zero-order valence-electron chi connectivity index (χ0n) is 19.0. The summed E-state index contributed by atoms with van der Waals surface area (Å²) in [5, 5.41) is 8.19. The van der Waals surface area contributed by atoms with E-state index in [1.54, 1.807) is 28.5 Å². The largest absolute Gasteiger partial charge is 0.528 e. The lowest BCUT2D eigenvalue weighted by atomic mass is 9.99. The van der Waals surface area contributed by atoms with Gasteiger partial charge in [-0.15, -0.1) is 16.4 Å². The Bertz CT molecular complexity index is 1000. The lowest BCUT2D eigenvalue weighted by Crippen LogP contribution is -2.37. The first-order chi connectivity index (χ1) is 15.0. The Labute approximate surface area is 193 Å². The van der Waals surface area contributed by atoms with E-state index in [1.165, 1.54) is 6.26 Å². The van der Waals surface area contributed by atoms with Gasteiger partial charge in [-0.3, -0.25) is 0 Å². The summed E-state index contributed by atoms with van der Waals surface area (Å²) in [5.74, 6) is 0.357. The Morgan fingerprint density at radius 3 is 2.44 bits per heavy atom. The number of piperidine rings is 1. The van der Waals surface area contributed by atoms with E-state index in [4.69, 9.17) is 14.6 Å². The normalized spacial score (nSPS) is 16.1. The van der Waals surface area contributed by atoms with Crippen molar-refractivity contribution >= 4 is 27.3 Å². The van der Waals surface area contributed by atoms with Crippen molar-refractivity contribution in [3.63, 3.8) is 0 Å². The molecule has 0 spiro atoms. The molecule has 32 heavy (non-hydrogen) atoms. The Kier molecular flexibility index (Phi) is 7.92. The van der Waals surface area contributed by atoms with Crippen LogP contribution < -0.4 is 5.32 Å². The van der Waals surface area contributed by atoms with Crippen LogP contribution in [0.4, 0.5) is 4.79 Å². The van der Waals surface area contributed by atoms with Gasteiger partial charge in [-0.25, -0.2) is 18.2 Å². The predicted molar refractivity (Wildman–Crippen MR) is 123 cm³/mol. The second kappa shape index (κ2) is 10.3. The number of hydrogen-bond acceptors (Lipinski definition) is 9. The third-order valence-electron chi connectivity index (χ3n) is 4.95. The molecule has 0 bridgehead atoms. The average molecular weight is 482 g/mol.